The van der Waals surface area contributed by atoms with E-state index in [1.165, 1.54) is 4.68 Å². The molecule has 0 fully saturated rings. The van der Waals surface area contributed by atoms with E-state index < -0.39 is 5.97 Å². The fraction of sp³-hybridized carbons (Fsp3) is 0.167. The van der Waals surface area contributed by atoms with E-state index in [9.17, 15) is 4.79 Å². The number of carbonyl (C=O) groups is 1. The average molecular weight is 261 g/mol. The van der Waals surface area contributed by atoms with Crippen LogP contribution in [0.2, 0.25) is 0 Å². The van der Waals surface area contributed by atoms with Crippen LogP contribution < -0.4 is 15.2 Å². The minimum atomic E-state index is -0.993. The van der Waals surface area contributed by atoms with Crippen molar-refractivity contribution >= 4 is 11.8 Å². The van der Waals surface area contributed by atoms with Crippen LogP contribution in [0.3, 0.4) is 0 Å². The van der Waals surface area contributed by atoms with E-state index in [0.29, 0.717) is 23.0 Å². The number of aliphatic carboxylic acids is 1. The van der Waals surface area contributed by atoms with Gasteiger partial charge in [0.1, 0.15) is 12.4 Å². The van der Waals surface area contributed by atoms with Crippen molar-refractivity contribution in [2.75, 3.05) is 12.5 Å². The lowest BCUT2D eigenvalue weighted by molar-refractivity contribution is -0.137. The van der Waals surface area contributed by atoms with Gasteiger partial charge in [0, 0.05) is 11.6 Å². The van der Waals surface area contributed by atoms with E-state index in [4.69, 9.17) is 20.3 Å². The molecule has 98 valence electrons. The molecule has 0 bridgehead atoms. The number of nitrogens with two attached hydrogens (primary N) is 1. The Morgan fingerprint density at radius 1 is 1.37 bits per heavy atom. The number of rotatable bonds is 3. The van der Waals surface area contributed by atoms with Crippen molar-refractivity contribution in [3.05, 3.63) is 24.3 Å². The maximum absolute atomic E-state index is 10.7. The fourth-order valence-corrected chi connectivity index (χ4v) is 1.88. The Hall–Kier alpha value is -2.70. The lowest BCUT2D eigenvalue weighted by Crippen LogP contribution is -2.12. The predicted molar refractivity (Wildman–Crippen MR) is 65.8 cm³/mol. The molecule has 7 heteroatoms. The summed E-state index contributed by atoms with van der Waals surface area (Å²) in [5.41, 5.74) is 7.11. The molecule has 1 aliphatic heterocycles. The van der Waals surface area contributed by atoms with Crippen LogP contribution in [0, 0.1) is 0 Å². The van der Waals surface area contributed by atoms with E-state index in [1.807, 2.05) is 6.07 Å². The zero-order chi connectivity index (χ0) is 13.4. The Kier molecular flexibility index (Phi) is 2.52. The first-order chi connectivity index (χ1) is 9.13. The van der Waals surface area contributed by atoms with Crippen LogP contribution in [-0.2, 0) is 11.3 Å². The van der Waals surface area contributed by atoms with Gasteiger partial charge in [-0.15, -0.1) is 0 Å². The molecule has 0 radical (unpaired) electrons. The van der Waals surface area contributed by atoms with Gasteiger partial charge in [-0.25, -0.2) is 4.68 Å². The van der Waals surface area contributed by atoms with Gasteiger partial charge in [0.05, 0.1) is 5.69 Å². The van der Waals surface area contributed by atoms with Gasteiger partial charge in [0.2, 0.25) is 6.79 Å². The molecule has 0 spiro atoms. The van der Waals surface area contributed by atoms with Gasteiger partial charge in [0.25, 0.3) is 0 Å². The predicted octanol–water partition coefficient (Wildman–Crippen LogP) is 0.946. The Labute approximate surface area is 108 Å². The maximum atomic E-state index is 10.7. The Balaban J connectivity index is 1.96. The van der Waals surface area contributed by atoms with E-state index in [0.717, 1.165) is 5.56 Å². The second-order valence-corrected chi connectivity index (χ2v) is 4.07. The van der Waals surface area contributed by atoms with E-state index >= 15 is 0 Å². The van der Waals surface area contributed by atoms with Crippen molar-refractivity contribution < 1.29 is 19.4 Å². The number of anilines is 1. The van der Waals surface area contributed by atoms with Gasteiger partial charge in [-0.1, -0.05) is 0 Å². The molecule has 0 aliphatic carbocycles. The van der Waals surface area contributed by atoms with Gasteiger partial charge in [-0.2, -0.15) is 5.10 Å². The third kappa shape index (κ3) is 2.05. The minimum Gasteiger partial charge on any atom is -0.480 e. The number of hydrogen-bond donors (Lipinski definition) is 2. The molecule has 7 nitrogen and oxygen atoms in total. The highest BCUT2D eigenvalue weighted by Gasteiger charge is 2.16. The molecule has 3 rings (SSSR count). The lowest BCUT2D eigenvalue weighted by atomic mass is 10.1. The monoisotopic (exact) mass is 261 g/mol. The van der Waals surface area contributed by atoms with Gasteiger partial charge in [-0.05, 0) is 18.2 Å². The van der Waals surface area contributed by atoms with E-state index in [2.05, 4.69) is 5.10 Å². The Bertz CT molecular complexity index is 650. The second kappa shape index (κ2) is 4.20. The largest absolute Gasteiger partial charge is 0.480 e. The number of carboxylic acid groups (broad SMARTS) is 1. The first-order valence-electron chi connectivity index (χ1n) is 5.58. The first-order valence-corrected chi connectivity index (χ1v) is 5.58. The third-order valence-corrected chi connectivity index (χ3v) is 2.76. The molecule has 19 heavy (non-hydrogen) atoms. The molecule has 1 aromatic carbocycles. The highest BCUT2D eigenvalue weighted by Crippen LogP contribution is 2.35. The number of nitrogen functional groups attached to an aromatic ring is 1. The molecule has 0 saturated carbocycles. The topological polar surface area (TPSA) is 99.6 Å². The summed E-state index contributed by atoms with van der Waals surface area (Å²) in [6.07, 6.45) is 0. The second-order valence-electron chi connectivity index (χ2n) is 4.07. The van der Waals surface area contributed by atoms with Crippen molar-refractivity contribution in [3.63, 3.8) is 0 Å². The molecule has 0 amide bonds. The smallest absolute Gasteiger partial charge is 0.325 e. The molecule has 0 saturated heterocycles. The van der Waals surface area contributed by atoms with Gasteiger partial charge in [-0.3, -0.25) is 4.79 Å². The maximum Gasteiger partial charge on any atom is 0.325 e. The minimum absolute atomic E-state index is 0.203. The van der Waals surface area contributed by atoms with E-state index in [-0.39, 0.29) is 13.3 Å². The third-order valence-electron chi connectivity index (χ3n) is 2.76. The molecule has 1 aliphatic rings. The van der Waals surface area contributed by atoms with Crippen LogP contribution in [0.1, 0.15) is 0 Å². The van der Waals surface area contributed by atoms with Crippen LogP contribution in [0.15, 0.2) is 24.3 Å². The Morgan fingerprint density at radius 2 is 2.16 bits per heavy atom. The molecule has 2 heterocycles. The summed E-state index contributed by atoms with van der Waals surface area (Å²) in [6.45, 7) is -0.0647. The van der Waals surface area contributed by atoms with Crippen LogP contribution in [0.25, 0.3) is 11.3 Å². The number of benzene rings is 1. The zero-order valence-electron chi connectivity index (χ0n) is 9.87. The summed E-state index contributed by atoms with van der Waals surface area (Å²) in [5.74, 6) is 0.632. The Morgan fingerprint density at radius 3 is 2.95 bits per heavy atom. The number of hydrogen-bond acceptors (Lipinski definition) is 5. The average Bonchev–Trinajstić information content (AvgIpc) is 2.95. The summed E-state index contributed by atoms with van der Waals surface area (Å²) in [5, 5.41) is 12.9. The summed E-state index contributed by atoms with van der Waals surface area (Å²) in [6, 6.07) is 7.01. The zero-order valence-corrected chi connectivity index (χ0v) is 9.87. The van der Waals surface area contributed by atoms with Crippen LogP contribution in [-0.4, -0.2) is 27.6 Å². The molecule has 0 atom stereocenters. The SMILES string of the molecule is Nc1cc(-c2ccc3c(c2)OCO3)nn1CC(=O)O. The number of ether oxygens (including phenoxy) is 2. The molecule has 0 unspecified atom stereocenters. The van der Waals surface area contributed by atoms with Crippen LogP contribution in [0.5, 0.6) is 11.5 Å². The van der Waals surface area contributed by atoms with Crippen LogP contribution >= 0.6 is 0 Å². The van der Waals surface area contributed by atoms with Crippen molar-refractivity contribution in [1.29, 1.82) is 0 Å². The normalized spacial score (nSPS) is 12.6. The highest BCUT2D eigenvalue weighted by atomic mass is 16.7. The molecule has 2 aromatic rings. The van der Waals surface area contributed by atoms with Crippen molar-refractivity contribution in [2.45, 2.75) is 6.54 Å². The standard InChI is InChI=1S/C12H11N3O4/c13-11-4-8(14-15(11)5-12(16)17)7-1-2-9-10(3-7)19-6-18-9/h1-4H,5-6,13H2,(H,16,17). The van der Waals surface area contributed by atoms with Gasteiger partial charge in [0.15, 0.2) is 11.5 Å². The van der Waals surface area contributed by atoms with Crippen molar-refractivity contribution in [1.82, 2.24) is 9.78 Å². The van der Waals surface area contributed by atoms with Gasteiger partial charge >= 0.3 is 5.97 Å². The number of nitrogens with zero attached hydrogens (tertiary/aromatic N) is 2. The van der Waals surface area contributed by atoms with E-state index in [1.54, 1.807) is 18.2 Å². The van der Waals surface area contributed by atoms with Crippen molar-refractivity contribution in [3.8, 4) is 22.8 Å². The summed E-state index contributed by atoms with van der Waals surface area (Å²) < 4.78 is 11.7. The van der Waals surface area contributed by atoms with Gasteiger partial charge < -0.3 is 20.3 Å². The lowest BCUT2D eigenvalue weighted by Gasteiger charge is -2.00. The van der Waals surface area contributed by atoms with Crippen molar-refractivity contribution in [2.24, 2.45) is 0 Å². The first kappa shape index (κ1) is 11.4. The molecular formula is C12H11N3O4. The number of carboxylic acids is 1. The summed E-state index contributed by atoms with van der Waals surface area (Å²) in [4.78, 5) is 10.7. The molecular weight excluding hydrogens is 250 g/mol. The summed E-state index contributed by atoms with van der Waals surface area (Å²) >= 11 is 0. The fourth-order valence-electron chi connectivity index (χ4n) is 1.88. The quantitative estimate of drug-likeness (QED) is 0.853. The number of aromatic nitrogens is 2. The molecule has 1 aromatic heterocycles. The highest BCUT2D eigenvalue weighted by molar-refractivity contribution is 5.69. The van der Waals surface area contributed by atoms with Crippen LogP contribution in [0.4, 0.5) is 5.82 Å². The summed E-state index contributed by atoms with van der Waals surface area (Å²) in [7, 11) is 0. The number of fused-ring (bicyclic) bond motifs is 1. The molecule has 3 N–H and O–H groups in total.